The van der Waals surface area contributed by atoms with Gasteiger partial charge in [-0.05, 0) is 31.7 Å². The van der Waals surface area contributed by atoms with Crippen molar-refractivity contribution in [3.8, 4) is 0 Å². The normalized spacial score (nSPS) is 18.9. The van der Waals surface area contributed by atoms with Crippen molar-refractivity contribution < 1.29 is 9.84 Å². The molecule has 0 aromatic carbocycles. The van der Waals surface area contributed by atoms with Crippen molar-refractivity contribution in [3.63, 3.8) is 0 Å². The van der Waals surface area contributed by atoms with Gasteiger partial charge in [0, 0.05) is 19.3 Å². The SMILES string of the molecule is CCNC(CO)CCOCC1CC1. The molecule has 1 rings (SSSR count). The van der Waals surface area contributed by atoms with E-state index in [0.717, 1.165) is 32.1 Å². The quantitative estimate of drug-likeness (QED) is 0.552. The molecule has 0 amide bonds. The van der Waals surface area contributed by atoms with E-state index in [4.69, 9.17) is 9.84 Å². The third-order valence-corrected chi connectivity index (χ3v) is 2.37. The molecule has 3 nitrogen and oxygen atoms in total. The fourth-order valence-electron chi connectivity index (χ4n) is 1.31. The van der Waals surface area contributed by atoms with E-state index in [0.29, 0.717) is 0 Å². The summed E-state index contributed by atoms with van der Waals surface area (Å²) in [6.07, 6.45) is 3.60. The van der Waals surface area contributed by atoms with E-state index in [1.54, 1.807) is 0 Å². The zero-order valence-corrected chi connectivity index (χ0v) is 8.46. The molecule has 0 aromatic heterocycles. The molecule has 78 valence electrons. The van der Waals surface area contributed by atoms with Gasteiger partial charge in [0.05, 0.1) is 6.61 Å². The second-order valence-corrected chi connectivity index (χ2v) is 3.74. The fourth-order valence-corrected chi connectivity index (χ4v) is 1.31. The molecule has 0 aromatic rings. The number of hydrogen-bond donors (Lipinski definition) is 2. The molecule has 0 heterocycles. The number of nitrogens with one attached hydrogen (secondary N) is 1. The Bertz CT molecular complexity index is 126. The average Bonchev–Trinajstić information content (AvgIpc) is 2.94. The highest BCUT2D eigenvalue weighted by Crippen LogP contribution is 2.28. The Labute approximate surface area is 80.5 Å². The zero-order chi connectivity index (χ0) is 9.52. The standard InChI is InChI=1S/C10H21NO2/c1-2-11-10(7-12)5-6-13-8-9-3-4-9/h9-12H,2-8H2,1H3. The summed E-state index contributed by atoms with van der Waals surface area (Å²) in [6.45, 7) is 4.86. The van der Waals surface area contributed by atoms with Crippen molar-refractivity contribution in [2.45, 2.75) is 32.2 Å². The molecule has 2 N–H and O–H groups in total. The van der Waals surface area contributed by atoms with Crippen molar-refractivity contribution in [2.24, 2.45) is 5.92 Å². The van der Waals surface area contributed by atoms with Crippen molar-refractivity contribution in [1.82, 2.24) is 5.32 Å². The highest BCUT2D eigenvalue weighted by Gasteiger charge is 2.21. The Morgan fingerprint density at radius 1 is 1.54 bits per heavy atom. The van der Waals surface area contributed by atoms with Gasteiger partial charge >= 0.3 is 0 Å². The number of aliphatic hydroxyl groups is 1. The topological polar surface area (TPSA) is 41.5 Å². The number of rotatable bonds is 8. The molecule has 0 bridgehead atoms. The molecule has 3 heteroatoms. The molecule has 1 aliphatic rings. The van der Waals surface area contributed by atoms with Crippen LogP contribution >= 0.6 is 0 Å². The molecule has 0 radical (unpaired) electrons. The Kier molecular flexibility index (Phi) is 5.35. The van der Waals surface area contributed by atoms with Crippen LogP contribution in [0, 0.1) is 5.92 Å². The van der Waals surface area contributed by atoms with Crippen LogP contribution in [0.2, 0.25) is 0 Å². The number of ether oxygens (including phenoxy) is 1. The summed E-state index contributed by atoms with van der Waals surface area (Å²) in [4.78, 5) is 0. The van der Waals surface area contributed by atoms with Gasteiger partial charge in [0.15, 0.2) is 0 Å². The first-order valence-electron chi connectivity index (χ1n) is 5.28. The van der Waals surface area contributed by atoms with E-state index in [1.807, 2.05) is 6.92 Å². The third-order valence-electron chi connectivity index (χ3n) is 2.37. The summed E-state index contributed by atoms with van der Waals surface area (Å²) < 4.78 is 5.49. The summed E-state index contributed by atoms with van der Waals surface area (Å²) in [5.41, 5.74) is 0. The molecule has 0 saturated heterocycles. The smallest absolute Gasteiger partial charge is 0.0585 e. The van der Waals surface area contributed by atoms with E-state index >= 15 is 0 Å². The van der Waals surface area contributed by atoms with Gasteiger partial charge in [-0.3, -0.25) is 0 Å². The highest BCUT2D eigenvalue weighted by atomic mass is 16.5. The van der Waals surface area contributed by atoms with E-state index in [9.17, 15) is 0 Å². The van der Waals surface area contributed by atoms with Crippen molar-refractivity contribution in [2.75, 3.05) is 26.4 Å². The summed E-state index contributed by atoms with van der Waals surface area (Å²) >= 11 is 0. The Balaban J connectivity index is 1.88. The maximum absolute atomic E-state index is 8.96. The first-order valence-corrected chi connectivity index (χ1v) is 5.28. The molecule has 1 fully saturated rings. The molecule has 0 aliphatic heterocycles. The summed E-state index contributed by atoms with van der Waals surface area (Å²) in [7, 11) is 0. The van der Waals surface area contributed by atoms with Crippen LogP contribution in [0.1, 0.15) is 26.2 Å². The van der Waals surface area contributed by atoms with Crippen LogP contribution in [0.4, 0.5) is 0 Å². The molecular weight excluding hydrogens is 166 g/mol. The Morgan fingerprint density at radius 2 is 2.31 bits per heavy atom. The minimum absolute atomic E-state index is 0.209. The van der Waals surface area contributed by atoms with Gasteiger partial charge in [-0.25, -0.2) is 0 Å². The second-order valence-electron chi connectivity index (χ2n) is 3.74. The zero-order valence-electron chi connectivity index (χ0n) is 8.46. The lowest BCUT2D eigenvalue weighted by Gasteiger charge is -2.14. The molecule has 13 heavy (non-hydrogen) atoms. The second kappa shape index (κ2) is 6.35. The first-order chi connectivity index (χ1) is 6.36. The fraction of sp³-hybridized carbons (Fsp3) is 1.00. The van der Waals surface area contributed by atoms with Gasteiger partial charge in [0.1, 0.15) is 0 Å². The molecular formula is C10H21NO2. The minimum atomic E-state index is 0.209. The van der Waals surface area contributed by atoms with Gasteiger partial charge < -0.3 is 15.2 Å². The Morgan fingerprint density at radius 3 is 2.85 bits per heavy atom. The van der Waals surface area contributed by atoms with Gasteiger partial charge in [0.2, 0.25) is 0 Å². The van der Waals surface area contributed by atoms with Crippen molar-refractivity contribution in [3.05, 3.63) is 0 Å². The van der Waals surface area contributed by atoms with Crippen LogP contribution in [0.15, 0.2) is 0 Å². The summed E-state index contributed by atoms with van der Waals surface area (Å²) in [5, 5.41) is 12.2. The molecule has 1 aliphatic carbocycles. The summed E-state index contributed by atoms with van der Waals surface area (Å²) in [6, 6.07) is 0.212. The predicted octanol–water partition coefficient (Wildman–Crippen LogP) is 0.773. The molecule has 0 spiro atoms. The average molecular weight is 187 g/mol. The predicted molar refractivity (Wildman–Crippen MR) is 52.7 cm³/mol. The lowest BCUT2D eigenvalue weighted by molar-refractivity contribution is 0.106. The van der Waals surface area contributed by atoms with Crippen LogP contribution < -0.4 is 5.32 Å². The first kappa shape index (κ1) is 11.0. The van der Waals surface area contributed by atoms with Crippen LogP contribution in [0.3, 0.4) is 0 Å². The maximum atomic E-state index is 8.96. The summed E-state index contributed by atoms with van der Waals surface area (Å²) in [5.74, 6) is 0.840. The van der Waals surface area contributed by atoms with E-state index in [1.165, 1.54) is 12.8 Å². The lowest BCUT2D eigenvalue weighted by Crippen LogP contribution is -2.33. The van der Waals surface area contributed by atoms with Gasteiger partial charge in [-0.1, -0.05) is 6.92 Å². The van der Waals surface area contributed by atoms with Crippen LogP contribution in [-0.4, -0.2) is 37.5 Å². The van der Waals surface area contributed by atoms with Crippen LogP contribution in [0.25, 0.3) is 0 Å². The number of aliphatic hydroxyl groups excluding tert-OH is 1. The third kappa shape index (κ3) is 5.24. The van der Waals surface area contributed by atoms with Gasteiger partial charge in [-0.2, -0.15) is 0 Å². The largest absolute Gasteiger partial charge is 0.395 e. The van der Waals surface area contributed by atoms with E-state index in [2.05, 4.69) is 5.32 Å². The van der Waals surface area contributed by atoms with Crippen LogP contribution in [-0.2, 0) is 4.74 Å². The maximum Gasteiger partial charge on any atom is 0.0585 e. The lowest BCUT2D eigenvalue weighted by atomic mass is 10.2. The van der Waals surface area contributed by atoms with Crippen molar-refractivity contribution in [1.29, 1.82) is 0 Å². The van der Waals surface area contributed by atoms with E-state index < -0.39 is 0 Å². The number of hydrogen-bond acceptors (Lipinski definition) is 3. The molecule has 1 atom stereocenters. The van der Waals surface area contributed by atoms with Gasteiger partial charge in [-0.15, -0.1) is 0 Å². The van der Waals surface area contributed by atoms with Gasteiger partial charge in [0.25, 0.3) is 0 Å². The monoisotopic (exact) mass is 187 g/mol. The number of likely N-dealkylation sites (N-methyl/N-ethyl adjacent to an activating group) is 1. The van der Waals surface area contributed by atoms with Crippen molar-refractivity contribution >= 4 is 0 Å². The van der Waals surface area contributed by atoms with Crippen LogP contribution in [0.5, 0.6) is 0 Å². The van der Waals surface area contributed by atoms with E-state index in [-0.39, 0.29) is 12.6 Å². The minimum Gasteiger partial charge on any atom is -0.395 e. The highest BCUT2D eigenvalue weighted by molar-refractivity contribution is 4.72. The molecule has 1 unspecified atom stereocenters. The Hall–Kier alpha value is -0.120. The molecule has 1 saturated carbocycles.